The third kappa shape index (κ3) is 3.30. The highest BCUT2D eigenvalue weighted by Crippen LogP contribution is 2.33. The zero-order valence-electron chi connectivity index (χ0n) is 16.4. The number of nitrogens with zero attached hydrogens (tertiary/aromatic N) is 2. The summed E-state index contributed by atoms with van der Waals surface area (Å²) in [6.45, 7) is 2.85. The van der Waals surface area contributed by atoms with Gasteiger partial charge in [-0.15, -0.1) is 0 Å². The van der Waals surface area contributed by atoms with Crippen molar-refractivity contribution in [1.29, 1.82) is 0 Å². The first-order valence-corrected chi connectivity index (χ1v) is 9.59. The van der Waals surface area contributed by atoms with Crippen molar-refractivity contribution >= 4 is 28.6 Å². The molecule has 2 heterocycles. The Morgan fingerprint density at radius 2 is 1.87 bits per heavy atom. The number of hydrogen-bond donors (Lipinski definition) is 2. The van der Waals surface area contributed by atoms with Gasteiger partial charge in [0, 0.05) is 11.3 Å². The number of aryl methyl sites for hydroxylation is 1. The van der Waals surface area contributed by atoms with E-state index in [1.165, 1.54) is 5.56 Å². The fourth-order valence-corrected chi connectivity index (χ4v) is 3.53. The van der Waals surface area contributed by atoms with E-state index in [1.54, 1.807) is 12.1 Å². The second-order valence-electron chi connectivity index (χ2n) is 7.27. The summed E-state index contributed by atoms with van der Waals surface area (Å²) in [4.78, 5) is 16.3. The van der Waals surface area contributed by atoms with Crippen molar-refractivity contribution in [1.82, 2.24) is 9.55 Å². The first-order chi connectivity index (χ1) is 14.6. The molecule has 7 nitrogen and oxygen atoms in total. The molecule has 0 radical (unpaired) electrons. The molecule has 150 valence electrons. The molecule has 0 fully saturated rings. The summed E-state index contributed by atoms with van der Waals surface area (Å²) < 4.78 is 13.0. The minimum absolute atomic E-state index is 0.239. The quantitative estimate of drug-likeness (QED) is 0.529. The minimum atomic E-state index is -0.477. The van der Waals surface area contributed by atoms with Crippen LogP contribution in [-0.2, 0) is 6.54 Å². The molecule has 0 saturated carbocycles. The van der Waals surface area contributed by atoms with Crippen molar-refractivity contribution in [3.63, 3.8) is 0 Å². The summed E-state index contributed by atoms with van der Waals surface area (Å²) in [5.41, 5.74) is 10.6. The van der Waals surface area contributed by atoms with E-state index in [4.69, 9.17) is 20.2 Å². The summed E-state index contributed by atoms with van der Waals surface area (Å²) in [5, 5.41) is 3.39. The Kier molecular flexibility index (Phi) is 4.28. The number of nitrogens with one attached hydrogen (secondary N) is 1. The lowest BCUT2D eigenvalue weighted by Gasteiger charge is -2.12. The molecule has 0 bridgehead atoms. The molecular formula is C23H20N4O3. The van der Waals surface area contributed by atoms with Gasteiger partial charge < -0.3 is 25.1 Å². The Balaban J connectivity index is 1.58. The topological polar surface area (TPSA) is 91.4 Å². The second kappa shape index (κ2) is 7.11. The monoisotopic (exact) mass is 400 g/mol. The molecule has 3 aromatic carbocycles. The molecule has 1 amide bonds. The Morgan fingerprint density at radius 3 is 2.67 bits per heavy atom. The van der Waals surface area contributed by atoms with E-state index >= 15 is 0 Å². The summed E-state index contributed by atoms with van der Waals surface area (Å²) in [6.07, 6.45) is 0. The maximum atomic E-state index is 11.6. The van der Waals surface area contributed by atoms with Gasteiger partial charge in [0.25, 0.3) is 0 Å². The van der Waals surface area contributed by atoms with Gasteiger partial charge in [-0.1, -0.05) is 23.8 Å². The van der Waals surface area contributed by atoms with E-state index in [-0.39, 0.29) is 6.79 Å². The van der Waals surface area contributed by atoms with Gasteiger partial charge in [-0.2, -0.15) is 0 Å². The van der Waals surface area contributed by atoms with E-state index in [1.807, 2.05) is 55.5 Å². The van der Waals surface area contributed by atoms with E-state index in [9.17, 15) is 4.79 Å². The van der Waals surface area contributed by atoms with Crippen molar-refractivity contribution in [2.45, 2.75) is 13.5 Å². The molecule has 0 aliphatic carbocycles. The SMILES string of the molecule is Cc1ccc(Nc2nc3cc(C(N)=O)ccc3n2Cc2ccc3c(c2)OCO3)cc1. The third-order valence-electron chi connectivity index (χ3n) is 5.12. The Labute approximate surface area is 173 Å². The summed E-state index contributed by atoms with van der Waals surface area (Å²) >= 11 is 0. The Hall–Kier alpha value is -4.00. The van der Waals surface area contributed by atoms with E-state index < -0.39 is 5.91 Å². The van der Waals surface area contributed by atoms with Crippen LogP contribution in [0.2, 0.25) is 0 Å². The number of nitrogens with two attached hydrogens (primary N) is 1. The zero-order chi connectivity index (χ0) is 20.7. The lowest BCUT2D eigenvalue weighted by atomic mass is 10.1. The van der Waals surface area contributed by atoms with Gasteiger partial charge in [-0.05, 0) is 55.0 Å². The van der Waals surface area contributed by atoms with Gasteiger partial charge in [0.1, 0.15) is 0 Å². The molecule has 0 spiro atoms. The third-order valence-corrected chi connectivity index (χ3v) is 5.12. The number of anilines is 2. The van der Waals surface area contributed by atoms with Gasteiger partial charge >= 0.3 is 0 Å². The zero-order valence-corrected chi connectivity index (χ0v) is 16.4. The van der Waals surface area contributed by atoms with Gasteiger partial charge in [-0.25, -0.2) is 4.98 Å². The van der Waals surface area contributed by atoms with Crippen LogP contribution in [0.5, 0.6) is 11.5 Å². The van der Waals surface area contributed by atoms with Gasteiger partial charge in [0.15, 0.2) is 11.5 Å². The van der Waals surface area contributed by atoms with Crippen molar-refractivity contribution in [2.75, 3.05) is 12.1 Å². The molecule has 1 aliphatic heterocycles. The van der Waals surface area contributed by atoms with Crippen molar-refractivity contribution < 1.29 is 14.3 Å². The number of hydrogen-bond acceptors (Lipinski definition) is 5. The summed E-state index contributed by atoms with van der Waals surface area (Å²) in [5.74, 6) is 1.68. The molecule has 1 aromatic heterocycles. The predicted octanol–water partition coefficient (Wildman–Crippen LogP) is 3.96. The highest BCUT2D eigenvalue weighted by molar-refractivity contribution is 5.96. The van der Waals surface area contributed by atoms with E-state index in [2.05, 4.69) is 9.88 Å². The maximum Gasteiger partial charge on any atom is 0.248 e. The number of primary amides is 1. The Bertz CT molecular complexity index is 1260. The highest BCUT2D eigenvalue weighted by Gasteiger charge is 2.17. The number of carbonyl (C=O) groups excluding carboxylic acids is 1. The molecule has 1 aliphatic rings. The molecule has 0 atom stereocenters. The van der Waals surface area contributed by atoms with Crippen LogP contribution in [-0.4, -0.2) is 22.3 Å². The van der Waals surface area contributed by atoms with Crippen molar-refractivity contribution in [2.24, 2.45) is 5.73 Å². The summed E-state index contributed by atoms with van der Waals surface area (Å²) in [7, 11) is 0. The largest absolute Gasteiger partial charge is 0.454 e. The normalized spacial score (nSPS) is 12.3. The molecule has 4 aromatic rings. The van der Waals surface area contributed by atoms with Crippen molar-refractivity contribution in [3.05, 3.63) is 77.4 Å². The van der Waals surface area contributed by atoms with Crippen molar-refractivity contribution in [3.8, 4) is 11.5 Å². The highest BCUT2D eigenvalue weighted by atomic mass is 16.7. The minimum Gasteiger partial charge on any atom is -0.454 e. The average Bonchev–Trinajstić information content (AvgIpc) is 3.33. The van der Waals surface area contributed by atoms with Gasteiger partial charge in [-0.3, -0.25) is 4.79 Å². The lowest BCUT2D eigenvalue weighted by molar-refractivity contribution is 0.100. The number of amides is 1. The number of benzene rings is 3. The van der Waals surface area contributed by atoms with Crippen LogP contribution in [0.3, 0.4) is 0 Å². The van der Waals surface area contributed by atoms with E-state index in [0.717, 1.165) is 28.3 Å². The maximum absolute atomic E-state index is 11.6. The molecule has 0 unspecified atom stereocenters. The van der Waals surface area contributed by atoms with Gasteiger partial charge in [0.05, 0.1) is 17.6 Å². The first-order valence-electron chi connectivity index (χ1n) is 9.59. The standard InChI is InChI=1S/C23H20N4O3/c1-14-2-6-17(7-3-14)25-23-26-18-11-16(22(24)28)5-8-19(18)27(23)12-15-4-9-20-21(10-15)30-13-29-20/h2-11H,12-13H2,1H3,(H2,24,28)(H,25,26). The van der Waals surface area contributed by atoms with Crippen LogP contribution in [0.1, 0.15) is 21.5 Å². The van der Waals surface area contributed by atoms with E-state index in [0.29, 0.717) is 23.6 Å². The number of carbonyl (C=O) groups is 1. The number of fused-ring (bicyclic) bond motifs is 2. The fraction of sp³-hybridized carbons (Fsp3) is 0.130. The predicted molar refractivity (Wildman–Crippen MR) is 114 cm³/mol. The lowest BCUT2D eigenvalue weighted by Crippen LogP contribution is -2.10. The fourth-order valence-electron chi connectivity index (χ4n) is 3.53. The average molecular weight is 400 g/mol. The number of rotatable bonds is 5. The molecule has 5 rings (SSSR count). The molecule has 0 saturated heterocycles. The van der Waals surface area contributed by atoms with Crippen LogP contribution >= 0.6 is 0 Å². The van der Waals surface area contributed by atoms with Gasteiger partial charge in [0.2, 0.25) is 18.6 Å². The number of imidazole rings is 1. The van der Waals surface area contributed by atoms with Crippen LogP contribution < -0.4 is 20.5 Å². The van der Waals surface area contributed by atoms with Crippen LogP contribution in [0.15, 0.2) is 60.7 Å². The smallest absolute Gasteiger partial charge is 0.248 e. The van der Waals surface area contributed by atoms with Crippen LogP contribution in [0.4, 0.5) is 11.6 Å². The molecule has 3 N–H and O–H groups in total. The van der Waals surface area contributed by atoms with Crippen LogP contribution in [0, 0.1) is 6.92 Å². The number of ether oxygens (including phenoxy) is 2. The Morgan fingerprint density at radius 1 is 1.07 bits per heavy atom. The van der Waals surface area contributed by atoms with Crippen LogP contribution in [0.25, 0.3) is 11.0 Å². The number of aromatic nitrogens is 2. The molecule has 7 heteroatoms. The second-order valence-corrected chi connectivity index (χ2v) is 7.27. The summed E-state index contributed by atoms with van der Waals surface area (Å²) in [6, 6.07) is 19.3. The molecular weight excluding hydrogens is 380 g/mol. The first kappa shape index (κ1) is 18.1. The molecule has 30 heavy (non-hydrogen) atoms.